The number of rotatable bonds is 3. The van der Waals surface area contributed by atoms with E-state index in [1.807, 2.05) is 0 Å². The van der Waals surface area contributed by atoms with Gasteiger partial charge < -0.3 is 16.2 Å². The van der Waals surface area contributed by atoms with Gasteiger partial charge in [0.1, 0.15) is 16.5 Å². The molecule has 1 heterocycles. The fourth-order valence-corrected chi connectivity index (χ4v) is 2.38. The smallest absolute Gasteiger partial charge is 0.339 e. The van der Waals surface area contributed by atoms with Crippen LogP contribution < -0.4 is 11.1 Å². The summed E-state index contributed by atoms with van der Waals surface area (Å²) in [5.41, 5.74) is 6.14. The molecule has 1 aromatic rings. The average molecular weight is 270 g/mol. The predicted octanol–water partition coefficient (Wildman–Crippen LogP) is 2.11. The zero-order valence-corrected chi connectivity index (χ0v) is 10.7. The first kappa shape index (κ1) is 13.1. The molecule has 2 rings (SSSR count). The fraction of sp³-hybridized carbons (Fsp3) is 0.500. The standard InChI is InChI=1S/C12H16ClN3O2/c13-10-6-5-7(12(17)18)11(16-10)15-9-4-2-1-3-8(9)14/h5-6,8-9H,1-4,14H2,(H,15,16)(H,17,18). The second-order valence-electron chi connectivity index (χ2n) is 4.53. The molecule has 98 valence electrons. The number of nitrogens with zero attached hydrogens (tertiary/aromatic N) is 1. The number of aromatic carboxylic acids is 1. The molecule has 2 unspecified atom stereocenters. The Balaban J connectivity index is 2.21. The van der Waals surface area contributed by atoms with Crippen molar-refractivity contribution < 1.29 is 9.90 Å². The maximum atomic E-state index is 11.1. The quantitative estimate of drug-likeness (QED) is 0.732. The van der Waals surface area contributed by atoms with Gasteiger partial charge in [-0.3, -0.25) is 0 Å². The van der Waals surface area contributed by atoms with Crippen LogP contribution in [-0.4, -0.2) is 28.1 Å². The van der Waals surface area contributed by atoms with Crippen molar-refractivity contribution in [1.82, 2.24) is 4.98 Å². The lowest BCUT2D eigenvalue weighted by molar-refractivity contribution is 0.0697. The lowest BCUT2D eigenvalue weighted by atomic mass is 9.91. The van der Waals surface area contributed by atoms with Crippen LogP contribution in [0.15, 0.2) is 12.1 Å². The molecule has 1 fully saturated rings. The van der Waals surface area contributed by atoms with Gasteiger partial charge in [-0.1, -0.05) is 24.4 Å². The molecule has 0 amide bonds. The van der Waals surface area contributed by atoms with E-state index in [-0.39, 0.29) is 22.8 Å². The average Bonchev–Trinajstić information content (AvgIpc) is 2.32. The molecule has 1 aliphatic rings. The van der Waals surface area contributed by atoms with Crippen LogP contribution in [0.5, 0.6) is 0 Å². The van der Waals surface area contributed by atoms with Crippen LogP contribution in [0.25, 0.3) is 0 Å². The number of carboxylic acids is 1. The second-order valence-corrected chi connectivity index (χ2v) is 4.92. The van der Waals surface area contributed by atoms with E-state index in [1.54, 1.807) is 0 Å². The van der Waals surface area contributed by atoms with Gasteiger partial charge in [-0.15, -0.1) is 0 Å². The number of hydrogen-bond acceptors (Lipinski definition) is 4. The second kappa shape index (κ2) is 5.54. The number of carbonyl (C=O) groups is 1. The van der Waals surface area contributed by atoms with Crippen LogP contribution >= 0.6 is 11.6 Å². The number of anilines is 1. The van der Waals surface area contributed by atoms with Crippen molar-refractivity contribution in [2.45, 2.75) is 37.8 Å². The third-order valence-electron chi connectivity index (χ3n) is 3.23. The minimum atomic E-state index is -1.02. The highest BCUT2D eigenvalue weighted by molar-refractivity contribution is 6.29. The molecule has 1 saturated carbocycles. The highest BCUT2D eigenvalue weighted by Gasteiger charge is 2.23. The molecule has 0 spiro atoms. The molecule has 1 aliphatic carbocycles. The molecule has 1 aromatic heterocycles. The molecular weight excluding hydrogens is 254 g/mol. The van der Waals surface area contributed by atoms with Gasteiger partial charge in [-0.05, 0) is 25.0 Å². The number of halogens is 1. The van der Waals surface area contributed by atoms with Gasteiger partial charge in [0, 0.05) is 12.1 Å². The van der Waals surface area contributed by atoms with E-state index >= 15 is 0 Å². The van der Waals surface area contributed by atoms with Crippen molar-refractivity contribution in [3.05, 3.63) is 22.8 Å². The summed E-state index contributed by atoms with van der Waals surface area (Å²) in [6, 6.07) is 3.01. The summed E-state index contributed by atoms with van der Waals surface area (Å²) in [5, 5.41) is 12.5. The van der Waals surface area contributed by atoms with E-state index < -0.39 is 5.97 Å². The zero-order chi connectivity index (χ0) is 13.1. The lowest BCUT2D eigenvalue weighted by Crippen LogP contribution is -2.43. The third kappa shape index (κ3) is 2.91. The molecule has 0 saturated heterocycles. The van der Waals surface area contributed by atoms with E-state index in [4.69, 9.17) is 22.4 Å². The SMILES string of the molecule is NC1CCCCC1Nc1nc(Cl)ccc1C(=O)O. The first-order valence-electron chi connectivity index (χ1n) is 6.00. The predicted molar refractivity (Wildman–Crippen MR) is 70.1 cm³/mol. The molecule has 18 heavy (non-hydrogen) atoms. The van der Waals surface area contributed by atoms with Crippen LogP contribution in [-0.2, 0) is 0 Å². The van der Waals surface area contributed by atoms with Crippen molar-refractivity contribution in [2.24, 2.45) is 5.73 Å². The molecule has 0 aliphatic heterocycles. The van der Waals surface area contributed by atoms with Crippen LogP contribution in [0.4, 0.5) is 5.82 Å². The summed E-state index contributed by atoms with van der Waals surface area (Å²) in [6.07, 6.45) is 4.08. The monoisotopic (exact) mass is 269 g/mol. The Hall–Kier alpha value is -1.33. The maximum absolute atomic E-state index is 11.1. The Kier molecular flexibility index (Phi) is 4.04. The summed E-state index contributed by atoms with van der Waals surface area (Å²) >= 11 is 5.80. The van der Waals surface area contributed by atoms with E-state index in [2.05, 4.69) is 10.3 Å². The molecule has 4 N–H and O–H groups in total. The molecule has 5 nitrogen and oxygen atoms in total. The summed E-state index contributed by atoms with van der Waals surface area (Å²) < 4.78 is 0. The van der Waals surface area contributed by atoms with Crippen molar-refractivity contribution in [3.8, 4) is 0 Å². The number of pyridine rings is 1. The number of hydrogen-bond donors (Lipinski definition) is 3. The zero-order valence-electron chi connectivity index (χ0n) is 9.90. The van der Waals surface area contributed by atoms with Gasteiger partial charge >= 0.3 is 5.97 Å². The van der Waals surface area contributed by atoms with Gasteiger partial charge in [0.25, 0.3) is 0 Å². The highest BCUT2D eigenvalue weighted by atomic mass is 35.5. The van der Waals surface area contributed by atoms with E-state index in [9.17, 15) is 4.79 Å². The summed E-state index contributed by atoms with van der Waals surface area (Å²) in [4.78, 5) is 15.1. The van der Waals surface area contributed by atoms with Crippen molar-refractivity contribution in [2.75, 3.05) is 5.32 Å². The van der Waals surface area contributed by atoms with Crippen LogP contribution in [0.2, 0.25) is 5.15 Å². The van der Waals surface area contributed by atoms with Crippen molar-refractivity contribution in [3.63, 3.8) is 0 Å². The highest BCUT2D eigenvalue weighted by Crippen LogP contribution is 2.23. The number of aromatic nitrogens is 1. The number of carboxylic acid groups (broad SMARTS) is 1. The Morgan fingerprint density at radius 3 is 2.83 bits per heavy atom. The third-order valence-corrected chi connectivity index (χ3v) is 3.44. The Labute approximate surface area is 110 Å². The molecule has 0 radical (unpaired) electrons. The largest absolute Gasteiger partial charge is 0.478 e. The molecule has 2 atom stereocenters. The van der Waals surface area contributed by atoms with Crippen LogP contribution in [0, 0.1) is 0 Å². The maximum Gasteiger partial charge on any atom is 0.339 e. The lowest BCUT2D eigenvalue weighted by Gasteiger charge is -2.30. The van der Waals surface area contributed by atoms with E-state index in [0.717, 1.165) is 25.7 Å². The Morgan fingerprint density at radius 1 is 1.44 bits per heavy atom. The first-order valence-corrected chi connectivity index (χ1v) is 6.37. The Morgan fingerprint density at radius 2 is 2.17 bits per heavy atom. The van der Waals surface area contributed by atoms with Crippen molar-refractivity contribution >= 4 is 23.4 Å². The number of nitrogens with one attached hydrogen (secondary N) is 1. The molecule has 0 bridgehead atoms. The number of nitrogens with two attached hydrogens (primary N) is 1. The minimum absolute atomic E-state index is 0.0289. The summed E-state index contributed by atoms with van der Waals surface area (Å²) in [5.74, 6) is -0.719. The van der Waals surface area contributed by atoms with Gasteiger partial charge in [-0.2, -0.15) is 0 Å². The normalized spacial score (nSPS) is 23.7. The fourth-order valence-electron chi connectivity index (χ4n) is 2.23. The molecular formula is C12H16ClN3O2. The van der Waals surface area contributed by atoms with Gasteiger partial charge in [0.05, 0.1) is 0 Å². The minimum Gasteiger partial charge on any atom is -0.478 e. The van der Waals surface area contributed by atoms with Gasteiger partial charge in [0.15, 0.2) is 0 Å². The first-order chi connectivity index (χ1) is 8.58. The van der Waals surface area contributed by atoms with Crippen LogP contribution in [0.3, 0.4) is 0 Å². The topological polar surface area (TPSA) is 88.2 Å². The summed E-state index contributed by atoms with van der Waals surface area (Å²) in [6.45, 7) is 0. The van der Waals surface area contributed by atoms with Crippen LogP contribution in [0.1, 0.15) is 36.0 Å². The summed E-state index contributed by atoms with van der Waals surface area (Å²) in [7, 11) is 0. The Bertz CT molecular complexity index is 453. The molecule has 6 heteroatoms. The molecule has 0 aromatic carbocycles. The van der Waals surface area contributed by atoms with Crippen molar-refractivity contribution in [1.29, 1.82) is 0 Å². The van der Waals surface area contributed by atoms with E-state index in [0.29, 0.717) is 5.82 Å². The van der Waals surface area contributed by atoms with E-state index in [1.165, 1.54) is 12.1 Å². The van der Waals surface area contributed by atoms with Gasteiger partial charge in [0.2, 0.25) is 0 Å². The van der Waals surface area contributed by atoms with Gasteiger partial charge in [-0.25, -0.2) is 9.78 Å².